The van der Waals surface area contributed by atoms with Crippen molar-refractivity contribution in [3.05, 3.63) is 0 Å². The Morgan fingerprint density at radius 3 is 2.33 bits per heavy atom. The highest BCUT2D eigenvalue weighted by molar-refractivity contribution is 5.71. The van der Waals surface area contributed by atoms with Crippen LogP contribution >= 0.6 is 0 Å². The number of nitriles is 1. The predicted octanol–water partition coefficient (Wildman–Crippen LogP) is 0.858. The van der Waals surface area contributed by atoms with Crippen molar-refractivity contribution in [1.82, 2.24) is 9.80 Å². The van der Waals surface area contributed by atoms with E-state index in [1.54, 1.807) is 0 Å². The molecule has 1 saturated heterocycles. The number of carbonyl (C=O) groups excluding carboxylic acids is 1. The summed E-state index contributed by atoms with van der Waals surface area (Å²) in [5, 5.41) is 9.08. The van der Waals surface area contributed by atoms with E-state index in [4.69, 9.17) is 10.00 Å². The molecule has 1 aliphatic rings. The van der Waals surface area contributed by atoms with Gasteiger partial charge >= 0.3 is 5.97 Å². The van der Waals surface area contributed by atoms with Crippen molar-refractivity contribution in [3.8, 4) is 6.07 Å². The predicted molar refractivity (Wildman–Crippen MR) is 68.9 cm³/mol. The number of ether oxygens (including phenoxy) is 1. The summed E-state index contributed by atoms with van der Waals surface area (Å²) >= 11 is 0. The van der Waals surface area contributed by atoms with E-state index >= 15 is 0 Å². The molecule has 18 heavy (non-hydrogen) atoms. The van der Waals surface area contributed by atoms with Crippen LogP contribution in [-0.4, -0.2) is 60.1 Å². The second kappa shape index (κ2) is 6.17. The summed E-state index contributed by atoms with van der Waals surface area (Å²) in [5.41, 5.74) is -0.426. The maximum atomic E-state index is 11.5. The monoisotopic (exact) mass is 253 g/mol. The van der Waals surface area contributed by atoms with E-state index in [9.17, 15) is 4.79 Å². The fraction of sp³-hybridized carbons (Fsp3) is 0.846. The van der Waals surface area contributed by atoms with Crippen molar-refractivity contribution >= 4 is 5.97 Å². The first-order chi connectivity index (χ1) is 8.35. The zero-order chi connectivity index (χ0) is 13.8. The standard InChI is InChI=1S/C13H23N3O2/c1-11(2)18-12(17)9-15-5-7-16(8-6-15)13(3,4)10-14/h11H,5-9H2,1-4H3. The molecule has 0 aliphatic carbocycles. The summed E-state index contributed by atoms with van der Waals surface area (Å²) < 4.78 is 5.12. The smallest absolute Gasteiger partial charge is 0.320 e. The van der Waals surface area contributed by atoms with Crippen LogP contribution in [0.3, 0.4) is 0 Å². The Morgan fingerprint density at radius 2 is 1.89 bits per heavy atom. The van der Waals surface area contributed by atoms with E-state index in [0.29, 0.717) is 6.54 Å². The second-order valence-corrected chi connectivity index (χ2v) is 5.47. The van der Waals surface area contributed by atoms with E-state index in [-0.39, 0.29) is 12.1 Å². The summed E-state index contributed by atoms with van der Waals surface area (Å²) in [6, 6.07) is 2.31. The maximum Gasteiger partial charge on any atom is 0.320 e. The molecule has 102 valence electrons. The molecule has 0 aromatic heterocycles. The summed E-state index contributed by atoms with van der Waals surface area (Å²) in [7, 11) is 0. The highest BCUT2D eigenvalue weighted by Crippen LogP contribution is 2.15. The third-order valence-corrected chi connectivity index (χ3v) is 3.16. The van der Waals surface area contributed by atoms with Crippen molar-refractivity contribution < 1.29 is 9.53 Å². The fourth-order valence-electron chi connectivity index (χ4n) is 2.02. The lowest BCUT2D eigenvalue weighted by Gasteiger charge is -2.40. The largest absolute Gasteiger partial charge is 0.462 e. The zero-order valence-corrected chi connectivity index (χ0v) is 11.8. The van der Waals surface area contributed by atoms with Gasteiger partial charge in [-0.1, -0.05) is 0 Å². The zero-order valence-electron chi connectivity index (χ0n) is 11.8. The van der Waals surface area contributed by atoms with Gasteiger partial charge in [-0.2, -0.15) is 5.26 Å². The Bertz CT molecular complexity index is 326. The molecule has 0 atom stereocenters. The molecule has 5 heteroatoms. The molecule has 1 fully saturated rings. The highest BCUT2D eigenvalue weighted by atomic mass is 16.5. The summed E-state index contributed by atoms with van der Waals surface area (Å²) in [6.07, 6.45) is -0.0590. The van der Waals surface area contributed by atoms with Gasteiger partial charge in [0, 0.05) is 26.2 Å². The van der Waals surface area contributed by atoms with Crippen LogP contribution in [0.25, 0.3) is 0 Å². The molecule has 1 aliphatic heterocycles. The maximum absolute atomic E-state index is 11.5. The van der Waals surface area contributed by atoms with Crippen LogP contribution < -0.4 is 0 Å². The van der Waals surface area contributed by atoms with Gasteiger partial charge in [0.05, 0.1) is 18.7 Å². The van der Waals surface area contributed by atoms with Crippen molar-refractivity contribution in [1.29, 1.82) is 5.26 Å². The summed E-state index contributed by atoms with van der Waals surface area (Å²) in [4.78, 5) is 15.8. The lowest BCUT2D eigenvalue weighted by atomic mass is 10.0. The van der Waals surface area contributed by atoms with E-state index in [1.807, 2.05) is 27.7 Å². The van der Waals surface area contributed by atoms with Gasteiger partial charge in [-0.05, 0) is 27.7 Å². The molecule has 0 unspecified atom stereocenters. The minimum atomic E-state index is -0.426. The molecule has 0 aromatic carbocycles. The minimum absolute atomic E-state index is 0.0590. The molecule has 5 nitrogen and oxygen atoms in total. The Morgan fingerprint density at radius 1 is 1.33 bits per heavy atom. The van der Waals surface area contributed by atoms with E-state index < -0.39 is 5.54 Å². The quantitative estimate of drug-likeness (QED) is 0.695. The first-order valence-corrected chi connectivity index (χ1v) is 6.43. The van der Waals surface area contributed by atoms with E-state index in [1.165, 1.54) is 0 Å². The van der Waals surface area contributed by atoms with Crippen LogP contribution in [0.1, 0.15) is 27.7 Å². The van der Waals surface area contributed by atoms with Gasteiger partial charge in [-0.3, -0.25) is 14.6 Å². The topological polar surface area (TPSA) is 56.6 Å². The average molecular weight is 253 g/mol. The fourth-order valence-corrected chi connectivity index (χ4v) is 2.02. The van der Waals surface area contributed by atoms with Crippen LogP contribution in [-0.2, 0) is 9.53 Å². The van der Waals surface area contributed by atoms with Crippen molar-refractivity contribution in [2.75, 3.05) is 32.7 Å². The Labute approximate surface area is 109 Å². The number of nitrogens with zero attached hydrogens (tertiary/aromatic N) is 3. The van der Waals surface area contributed by atoms with Crippen molar-refractivity contribution in [2.45, 2.75) is 39.3 Å². The van der Waals surface area contributed by atoms with E-state index in [0.717, 1.165) is 26.2 Å². The number of hydrogen-bond acceptors (Lipinski definition) is 5. The Hall–Kier alpha value is -1.12. The second-order valence-electron chi connectivity index (χ2n) is 5.47. The van der Waals surface area contributed by atoms with Gasteiger partial charge < -0.3 is 4.74 Å². The van der Waals surface area contributed by atoms with Crippen LogP contribution in [0.15, 0.2) is 0 Å². The van der Waals surface area contributed by atoms with Crippen LogP contribution in [0.2, 0.25) is 0 Å². The lowest BCUT2D eigenvalue weighted by molar-refractivity contribution is -0.149. The lowest BCUT2D eigenvalue weighted by Crippen LogP contribution is -2.54. The van der Waals surface area contributed by atoms with Crippen LogP contribution in [0, 0.1) is 11.3 Å². The normalized spacial score (nSPS) is 18.7. The molecule has 0 aromatic rings. The number of rotatable bonds is 4. The molecule has 0 N–H and O–H groups in total. The van der Waals surface area contributed by atoms with Gasteiger partial charge in [-0.15, -0.1) is 0 Å². The number of carbonyl (C=O) groups is 1. The van der Waals surface area contributed by atoms with E-state index in [2.05, 4.69) is 15.9 Å². The molecule has 0 bridgehead atoms. The molecule has 0 spiro atoms. The molecule has 0 radical (unpaired) electrons. The molecule has 0 amide bonds. The number of hydrogen-bond donors (Lipinski definition) is 0. The van der Waals surface area contributed by atoms with Gasteiger partial charge in [0.15, 0.2) is 0 Å². The van der Waals surface area contributed by atoms with Gasteiger partial charge in [-0.25, -0.2) is 0 Å². The van der Waals surface area contributed by atoms with Crippen molar-refractivity contribution in [2.24, 2.45) is 0 Å². The Kier molecular flexibility index (Phi) is 5.12. The first kappa shape index (κ1) is 14.9. The summed E-state index contributed by atoms with van der Waals surface area (Å²) in [5.74, 6) is -0.169. The number of piperazine rings is 1. The average Bonchev–Trinajstić information content (AvgIpc) is 2.28. The number of esters is 1. The molecule has 0 saturated carbocycles. The van der Waals surface area contributed by atoms with Crippen LogP contribution in [0.4, 0.5) is 0 Å². The minimum Gasteiger partial charge on any atom is -0.462 e. The van der Waals surface area contributed by atoms with Gasteiger partial charge in [0.25, 0.3) is 0 Å². The summed E-state index contributed by atoms with van der Waals surface area (Å²) in [6.45, 7) is 11.1. The van der Waals surface area contributed by atoms with Gasteiger partial charge in [0.2, 0.25) is 0 Å². The Balaban J connectivity index is 2.36. The first-order valence-electron chi connectivity index (χ1n) is 6.43. The molecule has 1 heterocycles. The van der Waals surface area contributed by atoms with Crippen molar-refractivity contribution in [3.63, 3.8) is 0 Å². The third-order valence-electron chi connectivity index (χ3n) is 3.16. The molecular weight excluding hydrogens is 230 g/mol. The highest BCUT2D eigenvalue weighted by Gasteiger charge is 2.30. The SMILES string of the molecule is CC(C)OC(=O)CN1CCN(C(C)(C)C#N)CC1. The van der Waals surface area contributed by atoms with Crippen LogP contribution in [0.5, 0.6) is 0 Å². The molecule has 1 rings (SSSR count). The third kappa shape index (κ3) is 4.28. The molecular formula is C13H23N3O2. The van der Waals surface area contributed by atoms with Gasteiger partial charge in [0.1, 0.15) is 5.54 Å².